The van der Waals surface area contributed by atoms with Gasteiger partial charge in [0.15, 0.2) is 0 Å². The van der Waals surface area contributed by atoms with Crippen LogP contribution in [0.3, 0.4) is 0 Å². The quantitative estimate of drug-likeness (QED) is 0.553. The highest BCUT2D eigenvalue weighted by atomic mass is 127. The molecule has 17 heavy (non-hydrogen) atoms. The average Bonchev–Trinajstić information content (AvgIpc) is 2.70. The third kappa shape index (κ3) is 2.84. The SMILES string of the molecule is CCc1cc(I)ccc1N1CC(CBr)CC1=O. The summed E-state index contributed by atoms with van der Waals surface area (Å²) in [5.41, 5.74) is 2.36. The predicted octanol–water partition coefficient (Wildman–Crippen LogP) is 3.60. The molecular weight excluding hydrogens is 393 g/mol. The monoisotopic (exact) mass is 407 g/mol. The van der Waals surface area contributed by atoms with Crippen LogP contribution >= 0.6 is 38.5 Å². The van der Waals surface area contributed by atoms with Gasteiger partial charge in [0.2, 0.25) is 5.91 Å². The van der Waals surface area contributed by atoms with Crippen LogP contribution in [0.4, 0.5) is 5.69 Å². The standard InChI is InChI=1S/C13H15BrINO/c1-2-10-6-11(15)3-4-12(10)16-8-9(7-14)5-13(16)17/h3-4,6,9H,2,5,7-8H2,1H3. The van der Waals surface area contributed by atoms with Crippen molar-refractivity contribution in [2.24, 2.45) is 5.92 Å². The van der Waals surface area contributed by atoms with Gasteiger partial charge in [-0.1, -0.05) is 22.9 Å². The van der Waals surface area contributed by atoms with Crippen molar-refractivity contribution in [2.75, 3.05) is 16.8 Å². The molecule has 1 saturated heterocycles. The van der Waals surface area contributed by atoms with Gasteiger partial charge in [-0.05, 0) is 58.7 Å². The fraction of sp³-hybridized carbons (Fsp3) is 0.462. The first kappa shape index (κ1) is 13.3. The van der Waals surface area contributed by atoms with Crippen molar-refractivity contribution >= 4 is 50.1 Å². The normalized spacial score (nSPS) is 20.1. The van der Waals surface area contributed by atoms with Crippen molar-refractivity contribution in [3.8, 4) is 0 Å². The minimum Gasteiger partial charge on any atom is -0.312 e. The lowest BCUT2D eigenvalue weighted by Gasteiger charge is -2.20. The maximum atomic E-state index is 12.0. The summed E-state index contributed by atoms with van der Waals surface area (Å²) in [4.78, 5) is 13.9. The number of benzene rings is 1. The molecule has 0 saturated carbocycles. The van der Waals surface area contributed by atoms with E-state index < -0.39 is 0 Å². The van der Waals surface area contributed by atoms with Crippen LogP contribution in [-0.2, 0) is 11.2 Å². The van der Waals surface area contributed by atoms with Gasteiger partial charge in [0.1, 0.15) is 0 Å². The molecule has 1 atom stereocenters. The highest BCUT2D eigenvalue weighted by Crippen LogP contribution is 2.30. The van der Waals surface area contributed by atoms with E-state index in [-0.39, 0.29) is 5.91 Å². The zero-order chi connectivity index (χ0) is 12.4. The van der Waals surface area contributed by atoms with Gasteiger partial charge in [0.05, 0.1) is 0 Å². The molecule has 1 aromatic rings. The van der Waals surface area contributed by atoms with Crippen molar-refractivity contribution in [3.05, 3.63) is 27.3 Å². The first-order valence-corrected chi connectivity index (χ1v) is 8.00. The zero-order valence-electron chi connectivity index (χ0n) is 9.75. The molecule has 0 N–H and O–H groups in total. The van der Waals surface area contributed by atoms with E-state index in [1.54, 1.807) is 0 Å². The Morgan fingerprint density at radius 2 is 2.29 bits per heavy atom. The van der Waals surface area contributed by atoms with E-state index >= 15 is 0 Å². The van der Waals surface area contributed by atoms with E-state index in [0.29, 0.717) is 12.3 Å². The minimum absolute atomic E-state index is 0.255. The fourth-order valence-corrected chi connectivity index (χ4v) is 3.21. The van der Waals surface area contributed by atoms with Crippen LogP contribution in [0.1, 0.15) is 18.9 Å². The lowest BCUT2D eigenvalue weighted by Crippen LogP contribution is -2.25. The number of nitrogens with zero attached hydrogens (tertiary/aromatic N) is 1. The first-order chi connectivity index (χ1) is 8.15. The van der Waals surface area contributed by atoms with Gasteiger partial charge < -0.3 is 4.90 Å². The number of halogens is 2. The molecule has 0 aromatic heterocycles. The van der Waals surface area contributed by atoms with Gasteiger partial charge in [0, 0.05) is 27.6 Å². The number of alkyl halides is 1. The minimum atomic E-state index is 0.255. The van der Waals surface area contributed by atoms with Crippen LogP contribution in [0.2, 0.25) is 0 Å². The van der Waals surface area contributed by atoms with Gasteiger partial charge in [-0.15, -0.1) is 0 Å². The zero-order valence-corrected chi connectivity index (χ0v) is 13.5. The molecule has 0 radical (unpaired) electrons. The van der Waals surface area contributed by atoms with Gasteiger partial charge in [-0.2, -0.15) is 0 Å². The summed E-state index contributed by atoms with van der Waals surface area (Å²) in [5.74, 6) is 0.705. The molecule has 0 bridgehead atoms. The van der Waals surface area contributed by atoms with E-state index in [1.165, 1.54) is 9.13 Å². The number of hydrogen-bond donors (Lipinski definition) is 0. The molecule has 1 amide bonds. The molecule has 1 aliphatic rings. The van der Waals surface area contributed by atoms with Crippen LogP contribution in [0.15, 0.2) is 18.2 Å². The Hall–Kier alpha value is -0.100. The molecule has 4 heteroatoms. The Kier molecular flexibility index (Phi) is 4.47. The summed E-state index contributed by atoms with van der Waals surface area (Å²) in [5, 5.41) is 0.904. The van der Waals surface area contributed by atoms with E-state index in [1.807, 2.05) is 4.90 Å². The van der Waals surface area contributed by atoms with Crippen molar-refractivity contribution < 1.29 is 4.79 Å². The lowest BCUT2D eigenvalue weighted by molar-refractivity contribution is -0.117. The molecule has 2 nitrogen and oxygen atoms in total. The molecule has 92 valence electrons. The lowest BCUT2D eigenvalue weighted by atomic mass is 10.1. The molecule has 1 fully saturated rings. The van der Waals surface area contributed by atoms with Gasteiger partial charge in [-0.3, -0.25) is 4.79 Å². The molecular formula is C13H15BrINO. The number of hydrogen-bond acceptors (Lipinski definition) is 1. The Labute approximate surface area is 124 Å². The smallest absolute Gasteiger partial charge is 0.227 e. The molecule has 0 aliphatic carbocycles. The van der Waals surface area contributed by atoms with Crippen LogP contribution in [0.5, 0.6) is 0 Å². The van der Waals surface area contributed by atoms with Gasteiger partial charge in [0.25, 0.3) is 0 Å². The Bertz CT molecular complexity index is 435. The Morgan fingerprint density at radius 3 is 2.88 bits per heavy atom. The number of aryl methyl sites for hydroxylation is 1. The van der Waals surface area contributed by atoms with Crippen LogP contribution in [0, 0.1) is 9.49 Å². The second-order valence-corrected chi connectivity index (χ2v) is 6.25. The average molecular weight is 408 g/mol. The summed E-state index contributed by atoms with van der Waals surface area (Å²) in [6, 6.07) is 6.32. The fourth-order valence-electron chi connectivity index (χ4n) is 2.22. The predicted molar refractivity (Wildman–Crippen MR) is 82.8 cm³/mol. The number of rotatable bonds is 3. The van der Waals surface area contributed by atoms with E-state index in [9.17, 15) is 4.79 Å². The number of carbonyl (C=O) groups is 1. The molecule has 1 aromatic carbocycles. The largest absolute Gasteiger partial charge is 0.312 e. The van der Waals surface area contributed by atoms with Gasteiger partial charge in [-0.25, -0.2) is 0 Å². The van der Waals surface area contributed by atoms with Crippen molar-refractivity contribution in [3.63, 3.8) is 0 Å². The van der Waals surface area contributed by atoms with Crippen LogP contribution in [-0.4, -0.2) is 17.8 Å². The summed E-state index contributed by atoms with van der Waals surface area (Å²) >= 11 is 5.79. The Balaban J connectivity index is 2.31. The van der Waals surface area contributed by atoms with E-state index in [4.69, 9.17) is 0 Å². The Morgan fingerprint density at radius 1 is 1.53 bits per heavy atom. The third-order valence-corrected chi connectivity index (χ3v) is 4.72. The van der Waals surface area contributed by atoms with Crippen molar-refractivity contribution in [1.82, 2.24) is 0 Å². The maximum absolute atomic E-state index is 12.0. The topological polar surface area (TPSA) is 20.3 Å². The molecule has 2 rings (SSSR count). The van der Waals surface area contributed by atoms with Crippen LogP contribution in [0.25, 0.3) is 0 Å². The summed E-state index contributed by atoms with van der Waals surface area (Å²) in [6.07, 6.45) is 1.63. The van der Waals surface area contributed by atoms with E-state index in [0.717, 1.165) is 24.0 Å². The number of amides is 1. The number of anilines is 1. The van der Waals surface area contributed by atoms with Crippen LogP contribution < -0.4 is 4.90 Å². The molecule has 1 unspecified atom stereocenters. The van der Waals surface area contributed by atoms with Gasteiger partial charge >= 0.3 is 0 Å². The van der Waals surface area contributed by atoms with Crippen molar-refractivity contribution in [1.29, 1.82) is 0 Å². The highest BCUT2D eigenvalue weighted by Gasteiger charge is 2.30. The molecule has 1 heterocycles. The second-order valence-electron chi connectivity index (χ2n) is 4.36. The third-order valence-electron chi connectivity index (χ3n) is 3.14. The maximum Gasteiger partial charge on any atom is 0.227 e. The van der Waals surface area contributed by atoms with Crippen molar-refractivity contribution in [2.45, 2.75) is 19.8 Å². The summed E-state index contributed by atoms with van der Waals surface area (Å²) < 4.78 is 1.23. The van der Waals surface area contributed by atoms with E-state index in [2.05, 4.69) is 63.6 Å². The molecule has 1 aliphatic heterocycles. The molecule has 0 spiro atoms. The second kappa shape index (κ2) is 5.69. The first-order valence-electron chi connectivity index (χ1n) is 5.80. The summed E-state index contributed by atoms with van der Waals surface area (Å²) in [7, 11) is 0. The number of carbonyl (C=O) groups excluding carboxylic acids is 1. The summed E-state index contributed by atoms with van der Waals surface area (Å²) in [6.45, 7) is 2.98. The highest BCUT2D eigenvalue weighted by molar-refractivity contribution is 14.1.